The maximum absolute atomic E-state index is 11.4. The van der Waals surface area contributed by atoms with Gasteiger partial charge in [0, 0.05) is 22.7 Å². The third kappa shape index (κ3) is 2.38. The van der Waals surface area contributed by atoms with Crippen molar-refractivity contribution in [1.29, 1.82) is 0 Å². The monoisotopic (exact) mass is 289 g/mol. The number of anilines is 2. The molecule has 0 spiro atoms. The molecule has 1 amide bonds. The van der Waals surface area contributed by atoms with Gasteiger partial charge in [0.1, 0.15) is 5.76 Å². The SMILES string of the molecule is Cc1nc(Sc2cc3c(cc2N)CCC(=O)N3)oc1C. The number of benzene rings is 1. The molecule has 2 aromatic rings. The summed E-state index contributed by atoms with van der Waals surface area (Å²) in [6.07, 6.45) is 1.24. The predicted molar refractivity (Wildman–Crippen MR) is 77.9 cm³/mol. The molecule has 0 saturated heterocycles. The van der Waals surface area contributed by atoms with Crippen LogP contribution in [0.4, 0.5) is 11.4 Å². The molecule has 3 N–H and O–H groups in total. The third-order valence-corrected chi connectivity index (χ3v) is 4.26. The zero-order valence-corrected chi connectivity index (χ0v) is 12.1. The molecular weight excluding hydrogens is 274 g/mol. The Labute approximate surface area is 120 Å². The number of rotatable bonds is 2. The van der Waals surface area contributed by atoms with Crippen molar-refractivity contribution in [2.24, 2.45) is 0 Å². The minimum atomic E-state index is 0.0426. The number of aryl methyl sites for hydroxylation is 3. The van der Waals surface area contributed by atoms with Gasteiger partial charge in [0.2, 0.25) is 5.91 Å². The Hall–Kier alpha value is -1.95. The summed E-state index contributed by atoms with van der Waals surface area (Å²) in [5.41, 5.74) is 9.53. The topological polar surface area (TPSA) is 81.1 Å². The first kappa shape index (κ1) is 13.1. The number of nitrogens with two attached hydrogens (primary N) is 1. The first-order chi connectivity index (χ1) is 9.52. The second kappa shape index (κ2) is 4.86. The number of nitrogen functional groups attached to an aromatic ring is 1. The average molecular weight is 289 g/mol. The molecule has 104 valence electrons. The minimum absolute atomic E-state index is 0.0426. The number of fused-ring (bicyclic) bond motifs is 1. The first-order valence-corrected chi connectivity index (χ1v) is 7.18. The highest BCUT2D eigenvalue weighted by molar-refractivity contribution is 7.99. The quantitative estimate of drug-likeness (QED) is 0.831. The van der Waals surface area contributed by atoms with Crippen LogP contribution in [0.3, 0.4) is 0 Å². The van der Waals surface area contributed by atoms with Gasteiger partial charge >= 0.3 is 0 Å². The van der Waals surface area contributed by atoms with Crippen LogP contribution in [0, 0.1) is 13.8 Å². The summed E-state index contributed by atoms with van der Waals surface area (Å²) in [6.45, 7) is 3.78. The number of carbonyl (C=O) groups is 1. The Balaban J connectivity index is 1.93. The Bertz CT molecular complexity index is 674. The van der Waals surface area contributed by atoms with Crippen LogP contribution in [0.5, 0.6) is 0 Å². The van der Waals surface area contributed by atoms with E-state index in [0.29, 0.717) is 17.3 Å². The number of aromatic nitrogens is 1. The van der Waals surface area contributed by atoms with E-state index in [1.54, 1.807) is 0 Å². The normalized spacial score (nSPS) is 14.0. The number of oxazole rings is 1. The third-order valence-electron chi connectivity index (χ3n) is 3.34. The number of nitrogens with one attached hydrogen (secondary N) is 1. The van der Waals surface area contributed by atoms with Crippen molar-refractivity contribution in [3.05, 3.63) is 29.2 Å². The summed E-state index contributed by atoms with van der Waals surface area (Å²) in [7, 11) is 0. The van der Waals surface area contributed by atoms with E-state index in [4.69, 9.17) is 10.2 Å². The average Bonchev–Trinajstić information content (AvgIpc) is 2.70. The molecule has 0 saturated carbocycles. The molecule has 0 unspecified atom stereocenters. The maximum atomic E-state index is 11.4. The molecule has 0 fully saturated rings. The largest absolute Gasteiger partial charge is 0.436 e. The summed E-state index contributed by atoms with van der Waals surface area (Å²) in [5.74, 6) is 0.846. The van der Waals surface area contributed by atoms with Gasteiger partial charge in [0.05, 0.1) is 5.69 Å². The lowest BCUT2D eigenvalue weighted by atomic mass is 10.0. The highest BCUT2D eigenvalue weighted by Gasteiger charge is 2.18. The number of amides is 1. The van der Waals surface area contributed by atoms with Crippen molar-refractivity contribution in [2.75, 3.05) is 11.1 Å². The lowest BCUT2D eigenvalue weighted by molar-refractivity contribution is -0.116. The van der Waals surface area contributed by atoms with E-state index in [1.807, 2.05) is 26.0 Å². The summed E-state index contributed by atoms with van der Waals surface area (Å²) >= 11 is 1.37. The number of nitrogens with zero attached hydrogens (tertiary/aromatic N) is 1. The number of carbonyl (C=O) groups excluding carboxylic acids is 1. The van der Waals surface area contributed by atoms with Crippen LogP contribution in [0.2, 0.25) is 0 Å². The molecular formula is C14H15N3O2S. The summed E-state index contributed by atoms with van der Waals surface area (Å²) < 4.78 is 5.55. The second-order valence-electron chi connectivity index (χ2n) is 4.82. The van der Waals surface area contributed by atoms with E-state index >= 15 is 0 Å². The number of hydrogen-bond donors (Lipinski definition) is 2. The van der Waals surface area contributed by atoms with Gasteiger partial charge in [-0.25, -0.2) is 4.98 Å². The van der Waals surface area contributed by atoms with E-state index in [2.05, 4.69) is 10.3 Å². The Morgan fingerprint density at radius 3 is 2.85 bits per heavy atom. The van der Waals surface area contributed by atoms with Crippen molar-refractivity contribution in [1.82, 2.24) is 4.98 Å². The minimum Gasteiger partial charge on any atom is -0.436 e. The van der Waals surface area contributed by atoms with Crippen LogP contribution in [-0.4, -0.2) is 10.9 Å². The molecule has 5 nitrogen and oxygen atoms in total. The Morgan fingerprint density at radius 1 is 1.35 bits per heavy atom. The number of hydrogen-bond acceptors (Lipinski definition) is 5. The molecule has 2 heterocycles. The molecule has 20 heavy (non-hydrogen) atoms. The second-order valence-corrected chi connectivity index (χ2v) is 5.81. The van der Waals surface area contributed by atoms with Gasteiger partial charge in [-0.05, 0) is 49.7 Å². The van der Waals surface area contributed by atoms with Gasteiger partial charge in [0.25, 0.3) is 5.22 Å². The van der Waals surface area contributed by atoms with E-state index in [-0.39, 0.29) is 5.91 Å². The van der Waals surface area contributed by atoms with Gasteiger partial charge in [-0.15, -0.1) is 0 Å². The van der Waals surface area contributed by atoms with Gasteiger partial charge in [-0.3, -0.25) is 4.79 Å². The molecule has 1 aromatic carbocycles. The van der Waals surface area contributed by atoms with Crippen LogP contribution in [-0.2, 0) is 11.2 Å². The van der Waals surface area contributed by atoms with E-state index < -0.39 is 0 Å². The van der Waals surface area contributed by atoms with Gasteiger partial charge in [-0.2, -0.15) is 0 Å². The van der Waals surface area contributed by atoms with Crippen LogP contribution in [0.1, 0.15) is 23.4 Å². The van der Waals surface area contributed by atoms with E-state index in [9.17, 15) is 4.79 Å². The lowest BCUT2D eigenvalue weighted by Crippen LogP contribution is -2.19. The molecule has 0 atom stereocenters. The fourth-order valence-electron chi connectivity index (χ4n) is 2.10. The Kier molecular flexibility index (Phi) is 3.17. The van der Waals surface area contributed by atoms with Gasteiger partial charge in [-0.1, -0.05) is 0 Å². The molecule has 0 bridgehead atoms. The zero-order valence-electron chi connectivity index (χ0n) is 11.3. The fourth-order valence-corrected chi connectivity index (χ4v) is 2.99. The van der Waals surface area contributed by atoms with Crippen LogP contribution < -0.4 is 11.1 Å². The molecule has 1 aliphatic rings. The van der Waals surface area contributed by atoms with Gasteiger partial charge in [0.15, 0.2) is 0 Å². The molecule has 0 aliphatic carbocycles. The summed E-state index contributed by atoms with van der Waals surface area (Å²) in [5, 5.41) is 3.43. The highest BCUT2D eigenvalue weighted by Crippen LogP contribution is 2.37. The highest BCUT2D eigenvalue weighted by atomic mass is 32.2. The van der Waals surface area contributed by atoms with Crippen LogP contribution in [0.25, 0.3) is 0 Å². The molecule has 3 rings (SSSR count). The predicted octanol–water partition coefficient (Wildman–Crippen LogP) is 2.91. The van der Waals surface area contributed by atoms with E-state index in [0.717, 1.165) is 34.0 Å². The van der Waals surface area contributed by atoms with Crippen molar-refractivity contribution in [3.8, 4) is 0 Å². The van der Waals surface area contributed by atoms with Crippen molar-refractivity contribution in [2.45, 2.75) is 36.8 Å². The molecule has 6 heteroatoms. The zero-order chi connectivity index (χ0) is 14.3. The fraction of sp³-hybridized carbons (Fsp3) is 0.286. The standard InChI is InChI=1S/C14H15N3O2S/c1-7-8(2)19-14(16-7)20-12-6-11-9(5-10(12)15)3-4-13(18)17-11/h5-6H,3-4,15H2,1-2H3,(H,17,18). The van der Waals surface area contributed by atoms with Crippen LogP contribution in [0.15, 0.2) is 26.7 Å². The summed E-state index contributed by atoms with van der Waals surface area (Å²) in [6, 6.07) is 3.81. The van der Waals surface area contributed by atoms with E-state index in [1.165, 1.54) is 11.8 Å². The maximum Gasteiger partial charge on any atom is 0.261 e. The van der Waals surface area contributed by atoms with Crippen molar-refractivity contribution in [3.63, 3.8) is 0 Å². The first-order valence-electron chi connectivity index (χ1n) is 6.37. The van der Waals surface area contributed by atoms with Crippen LogP contribution >= 0.6 is 11.8 Å². The molecule has 1 aliphatic heterocycles. The Morgan fingerprint density at radius 2 is 2.15 bits per heavy atom. The van der Waals surface area contributed by atoms with Gasteiger partial charge < -0.3 is 15.5 Å². The molecule has 0 radical (unpaired) electrons. The smallest absolute Gasteiger partial charge is 0.261 e. The lowest BCUT2D eigenvalue weighted by Gasteiger charge is -2.18. The van der Waals surface area contributed by atoms with Crippen molar-refractivity contribution < 1.29 is 9.21 Å². The van der Waals surface area contributed by atoms with Crippen molar-refractivity contribution >= 4 is 29.0 Å². The molecule has 1 aromatic heterocycles. The summed E-state index contributed by atoms with van der Waals surface area (Å²) in [4.78, 5) is 16.6.